The summed E-state index contributed by atoms with van der Waals surface area (Å²) < 4.78 is 11.8. The predicted molar refractivity (Wildman–Crippen MR) is 85.7 cm³/mol. The van der Waals surface area contributed by atoms with Gasteiger partial charge in [-0.15, -0.1) is 0 Å². The van der Waals surface area contributed by atoms with Crippen LogP contribution in [0.2, 0.25) is 5.02 Å². The Labute approximate surface area is 142 Å². The molecule has 0 bridgehead atoms. The zero-order valence-electron chi connectivity index (χ0n) is 12.6. The third-order valence-corrected chi connectivity index (χ3v) is 3.43. The van der Waals surface area contributed by atoms with Gasteiger partial charge in [-0.2, -0.15) is 0 Å². The second-order valence-corrected chi connectivity index (χ2v) is 5.43. The molecule has 124 valence electrons. The molecule has 0 fully saturated rings. The standard InChI is InChI=1S/C16H14ClN3O4/c17-11-3-4-14-19-12(9-20(14)8-11)10-24-15(21)5-6-18-16(22)13-2-1-7-23-13/h1-4,7-9H,5-6,10H2,(H,18,22). The smallest absolute Gasteiger partial charge is 0.307 e. The maximum Gasteiger partial charge on any atom is 0.307 e. The van der Waals surface area contributed by atoms with Crippen molar-refractivity contribution < 1.29 is 18.7 Å². The van der Waals surface area contributed by atoms with E-state index in [-0.39, 0.29) is 31.2 Å². The van der Waals surface area contributed by atoms with Crippen LogP contribution in [0.3, 0.4) is 0 Å². The number of ether oxygens (including phenoxy) is 1. The maximum absolute atomic E-state index is 11.7. The van der Waals surface area contributed by atoms with E-state index in [0.717, 1.165) is 5.65 Å². The van der Waals surface area contributed by atoms with Crippen molar-refractivity contribution in [1.29, 1.82) is 0 Å². The molecule has 0 aromatic carbocycles. The summed E-state index contributed by atoms with van der Waals surface area (Å²) in [5.41, 5.74) is 1.33. The highest BCUT2D eigenvalue weighted by Crippen LogP contribution is 2.12. The molecule has 7 nitrogen and oxygen atoms in total. The van der Waals surface area contributed by atoms with Gasteiger partial charge in [-0.1, -0.05) is 11.6 Å². The first-order valence-corrected chi connectivity index (χ1v) is 7.60. The lowest BCUT2D eigenvalue weighted by atomic mass is 10.4. The van der Waals surface area contributed by atoms with E-state index in [9.17, 15) is 9.59 Å². The average Bonchev–Trinajstić information content (AvgIpc) is 3.21. The summed E-state index contributed by atoms with van der Waals surface area (Å²) in [6, 6.07) is 6.67. The molecular weight excluding hydrogens is 334 g/mol. The summed E-state index contributed by atoms with van der Waals surface area (Å²) in [5.74, 6) is -0.596. The number of hydrogen-bond donors (Lipinski definition) is 1. The summed E-state index contributed by atoms with van der Waals surface area (Å²) in [7, 11) is 0. The molecular formula is C16H14ClN3O4. The molecule has 3 rings (SSSR count). The molecule has 0 aliphatic heterocycles. The second-order valence-electron chi connectivity index (χ2n) is 4.99. The fourth-order valence-corrected chi connectivity index (χ4v) is 2.25. The SMILES string of the molecule is O=C(CCNC(=O)c1ccco1)OCc1cn2cc(Cl)ccc2n1. The quantitative estimate of drug-likeness (QED) is 0.692. The molecule has 1 N–H and O–H groups in total. The van der Waals surface area contributed by atoms with Crippen molar-refractivity contribution in [3.05, 3.63) is 59.4 Å². The maximum atomic E-state index is 11.7. The Morgan fingerprint density at radius 2 is 2.17 bits per heavy atom. The van der Waals surface area contributed by atoms with Gasteiger partial charge < -0.3 is 18.9 Å². The van der Waals surface area contributed by atoms with Gasteiger partial charge in [0.05, 0.1) is 23.4 Å². The van der Waals surface area contributed by atoms with Gasteiger partial charge in [0.25, 0.3) is 5.91 Å². The highest BCUT2D eigenvalue weighted by Gasteiger charge is 2.10. The largest absolute Gasteiger partial charge is 0.459 e. The Bertz CT molecular complexity index is 857. The number of furan rings is 1. The van der Waals surface area contributed by atoms with E-state index in [0.29, 0.717) is 10.7 Å². The number of amides is 1. The van der Waals surface area contributed by atoms with E-state index in [2.05, 4.69) is 10.3 Å². The Balaban J connectivity index is 1.44. The Morgan fingerprint density at radius 1 is 1.29 bits per heavy atom. The minimum absolute atomic E-state index is 0.0598. The fraction of sp³-hybridized carbons (Fsp3) is 0.188. The number of carbonyl (C=O) groups is 2. The molecule has 24 heavy (non-hydrogen) atoms. The van der Waals surface area contributed by atoms with Crippen molar-refractivity contribution in [3.63, 3.8) is 0 Å². The number of nitrogens with zero attached hydrogens (tertiary/aromatic N) is 2. The van der Waals surface area contributed by atoms with E-state index in [1.807, 2.05) is 0 Å². The molecule has 0 aliphatic carbocycles. The third kappa shape index (κ3) is 3.94. The number of imidazole rings is 1. The number of aromatic nitrogens is 2. The average molecular weight is 348 g/mol. The van der Waals surface area contributed by atoms with Crippen molar-refractivity contribution in [2.45, 2.75) is 13.0 Å². The van der Waals surface area contributed by atoms with Crippen molar-refractivity contribution in [2.24, 2.45) is 0 Å². The van der Waals surface area contributed by atoms with Gasteiger partial charge in [-0.05, 0) is 24.3 Å². The van der Waals surface area contributed by atoms with Crippen LogP contribution in [0.1, 0.15) is 22.7 Å². The topological polar surface area (TPSA) is 85.8 Å². The molecule has 0 spiro atoms. The van der Waals surface area contributed by atoms with E-state index in [1.54, 1.807) is 41.1 Å². The zero-order chi connectivity index (χ0) is 16.9. The predicted octanol–water partition coefficient (Wildman–Crippen LogP) is 2.44. The lowest BCUT2D eigenvalue weighted by Crippen LogP contribution is -2.26. The molecule has 1 amide bonds. The van der Waals surface area contributed by atoms with E-state index in [4.69, 9.17) is 20.8 Å². The zero-order valence-corrected chi connectivity index (χ0v) is 13.3. The van der Waals surface area contributed by atoms with Crippen LogP contribution in [0.15, 0.2) is 47.3 Å². The number of fused-ring (bicyclic) bond motifs is 1. The van der Waals surface area contributed by atoms with Crippen LogP contribution in [0, 0.1) is 0 Å². The lowest BCUT2D eigenvalue weighted by molar-refractivity contribution is -0.144. The van der Waals surface area contributed by atoms with Crippen LogP contribution in [0.4, 0.5) is 0 Å². The summed E-state index contributed by atoms with van der Waals surface area (Å²) in [5, 5.41) is 3.17. The van der Waals surface area contributed by atoms with Gasteiger partial charge in [-0.3, -0.25) is 9.59 Å². The first-order chi connectivity index (χ1) is 11.6. The molecule has 0 saturated heterocycles. The van der Waals surface area contributed by atoms with Crippen LogP contribution in [0.5, 0.6) is 0 Å². The second kappa shape index (κ2) is 7.18. The van der Waals surface area contributed by atoms with Crippen LogP contribution >= 0.6 is 11.6 Å². The number of halogens is 1. The molecule has 3 aromatic heterocycles. The molecule has 0 radical (unpaired) electrons. The summed E-state index contributed by atoms with van der Waals surface area (Å²) in [6.45, 7) is 0.226. The number of pyridine rings is 1. The Morgan fingerprint density at radius 3 is 2.96 bits per heavy atom. The summed E-state index contributed by atoms with van der Waals surface area (Å²) in [6.07, 6.45) is 4.93. The van der Waals surface area contributed by atoms with Gasteiger partial charge in [0.15, 0.2) is 5.76 Å². The van der Waals surface area contributed by atoms with Gasteiger partial charge in [0.1, 0.15) is 12.3 Å². The Kier molecular flexibility index (Phi) is 4.81. The Hall–Kier alpha value is -2.80. The number of esters is 1. The molecule has 3 aromatic rings. The van der Waals surface area contributed by atoms with Crippen LogP contribution in [-0.2, 0) is 16.1 Å². The van der Waals surface area contributed by atoms with Crippen molar-refractivity contribution in [3.8, 4) is 0 Å². The monoisotopic (exact) mass is 347 g/mol. The number of rotatable bonds is 6. The fourth-order valence-electron chi connectivity index (χ4n) is 2.09. The van der Waals surface area contributed by atoms with Crippen LogP contribution < -0.4 is 5.32 Å². The van der Waals surface area contributed by atoms with Crippen molar-refractivity contribution in [1.82, 2.24) is 14.7 Å². The normalized spacial score (nSPS) is 10.7. The van der Waals surface area contributed by atoms with E-state index in [1.165, 1.54) is 6.26 Å². The molecule has 0 atom stereocenters. The minimum atomic E-state index is -0.426. The third-order valence-electron chi connectivity index (χ3n) is 3.21. The summed E-state index contributed by atoms with van der Waals surface area (Å²) in [4.78, 5) is 27.6. The van der Waals surface area contributed by atoms with Crippen LogP contribution in [0.25, 0.3) is 5.65 Å². The van der Waals surface area contributed by atoms with Crippen molar-refractivity contribution >= 4 is 29.1 Å². The van der Waals surface area contributed by atoms with Crippen molar-refractivity contribution in [2.75, 3.05) is 6.54 Å². The molecule has 0 aliphatic rings. The first-order valence-electron chi connectivity index (χ1n) is 7.22. The van der Waals surface area contributed by atoms with E-state index < -0.39 is 5.97 Å². The number of carbonyl (C=O) groups excluding carboxylic acids is 2. The van der Waals surface area contributed by atoms with Crippen LogP contribution in [-0.4, -0.2) is 27.8 Å². The molecule has 0 saturated carbocycles. The van der Waals surface area contributed by atoms with Gasteiger partial charge >= 0.3 is 5.97 Å². The van der Waals surface area contributed by atoms with E-state index >= 15 is 0 Å². The highest BCUT2D eigenvalue weighted by atomic mass is 35.5. The van der Waals surface area contributed by atoms with Gasteiger partial charge in [0, 0.05) is 18.9 Å². The van der Waals surface area contributed by atoms with Gasteiger partial charge in [0.2, 0.25) is 0 Å². The number of hydrogen-bond acceptors (Lipinski definition) is 5. The molecule has 8 heteroatoms. The first kappa shape index (κ1) is 16.1. The molecule has 0 unspecified atom stereocenters. The lowest BCUT2D eigenvalue weighted by Gasteiger charge is -2.04. The number of nitrogens with one attached hydrogen (secondary N) is 1. The minimum Gasteiger partial charge on any atom is -0.459 e. The molecule has 3 heterocycles. The highest BCUT2D eigenvalue weighted by molar-refractivity contribution is 6.30. The summed E-state index contributed by atoms with van der Waals surface area (Å²) >= 11 is 5.90. The van der Waals surface area contributed by atoms with Gasteiger partial charge in [-0.25, -0.2) is 4.98 Å².